The van der Waals surface area contributed by atoms with Crippen LogP contribution in [0, 0.1) is 5.92 Å². The van der Waals surface area contributed by atoms with Crippen molar-refractivity contribution in [1.82, 2.24) is 5.32 Å². The number of aliphatic hydroxyl groups excluding tert-OH is 1. The molecule has 0 aliphatic heterocycles. The molecule has 2 N–H and O–H groups in total. The third-order valence-corrected chi connectivity index (χ3v) is 4.66. The maximum Gasteiger partial charge on any atom is 0.0595 e. The average molecular weight is 302 g/mol. The van der Waals surface area contributed by atoms with Gasteiger partial charge in [0.2, 0.25) is 0 Å². The molecule has 1 aliphatic rings. The van der Waals surface area contributed by atoms with E-state index >= 15 is 0 Å². The van der Waals surface area contributed by atoms with Crippen LogP contribution in [-0.4, -0.2) is 17.8 Å². The molecule has 19 heavy (non-hydrogen) atoms. The Bertz CT molecular complexity index is 425. The predicted octanol–water partition coefficient (Wildman–Crippen LogP) is 4.20. The number of hydrogen-bond donors (Lipinski definition) is 2. The fraction of sp³-hybridized carbons (Fsp3) is 0.600. The fourth-order valence-corrected chi connectivity index (χ4v) is 3.08. The Kier molecular flexibility index (Phi) is 5.52. The molecule has 4 heteroatoms. The zero-order chi connectivity index (χ0) is 13.8. The molecule has 1 saturated carbocycles. The average Bonchev–Trinajstić information content (AvgIpc) is 2.80. The molecule has 0 amide bonds. The van der Waals surface area contributed by atoms with Crippen molar-refractivity contribution in [3.8, 4) is 0 Å². The zero-order valence-electron chi connectivity index (χ0n) is 11.2. The monoisotopic (exact) mass is 301 g/mol. The molecular formula is C15H21Cl2NO. The van der Waals surface area contributed by atoms with E-state index in [1.165, 1.54) is 5.56 Å². The predicted molar refractivity (Wildman–Crippen MR) is 80.8 cm³/mol. The van der Waals surface area contributed by atoms with Crippen LogP contribution < -0.4 is 5.32 Å². The Hall–Kier alpha value is -0.280. The number of nitrogens with one attached hydrogen (secondary N) is 1. The molecular weight excluding hydrogens is 281 g/mol. The minimum atomic E-state index is -0.100. The molecule has 0 aromatic heterocycles. The first kappa shape index (κ1) is 15.1. The van der Waals surface area contributed by atoms with E-state index in [1.54, 1.807) is 0 Å². The molecule has 0 bridgehead atoms. The van der Waals surface area contributed by atoms with Crippen molar-refractivity contribution >= 4 is 23.2 Å². The normalized spacial score (nSPS) is 24.6. The summed E-state index contributed by atoms with van der Waals surface area (Å²) in [6.07, 6.45) is 3.89. The van der Waals surface area contributed by atoms with Crippen LogP contribution in [0.1, 0.15) is 44.2 Å². The van der Waals surface area contributed by atoms with Crippen LogP contribution in [0.3, 0.4) is 0 Å². The Balaban J connectivity index is 1.93. The van der Waals surface area contributed by atoms with Crippen molar-refractivity contribution in [3.63, 3.8) is 0 Å². The van der Waals surface area contributed by atoms with Gasteiger partial charge in [-0.2, -0.15) is 0 Å². The first-order chi connectivity index (χ1) is 9.10. The van der Waals surface area contributed by atoms with Gasteiger partial charge in [-0.05, 0) is 55.8 Å². The van der Waals surface area contributed by atoms with Crippen molar-refractivity contribution < 1.29 is 5.11 Å². The molecule has 0 spiro atoms. The Morgan fingerprint density at radius 2 is 2.11 bits per heavy atom. The van der Waals surface area contributed by atoms with Crippen LogP contribution in [0.15, 0.2) is 18.2 Å². The minimum absolute atomic E-state index is 0.100. The molecule has 106 valence electrons. The van der Waals surface area contributed by atoms with Gasteiger partial charge in [-0.25, -0.2) is 0 Å². The second-order valence-electron chi connectivity index (χ2n) is 5.38. The molecule has 3 atom stereocenters. The summed E-state index contributed by atoms with van der Waals surface area (Å²) >= 11 is 12.0. The van der Waals surface area contributed by atoms with Crippen LogP contribution in [0.25, 0.3) is 0 Å². The van der Waals surface area contributed by atoms with Crippen molar-refractivity contribution in [1.29, 1.82) is 0 Å². The Morgan fingerprint density at radius 1 is 1.32 bits per heavy atom. The first-order valence-corrected chi connectivity index (χ1v) is 7.72. The summed E-state index contributed by atoms with van der Waals surface area (Å²) < 4.78 is 0. The summed E-state index contributed by atoms with van der Waals surface area (Å²) in [5.74, 6) is 0.590. The Morgan fingerprint density at radius 3 is 2.68 bits per heavy atom. The van der Waals surface area contributed by atoms with Gasteiger partial charge in [0.1, 0.15) is 0 Å². The summed E-state index contributed by atoms with van der Waals surface area (Å²) in [6, 6.07) is 6.11. The standard InChI is InChI=1S/C15H21Cl2NO/c1-2-15(11-4-6-13(16)14(17)8-11)18-9-10-3-5-12(19)7-10/h4,6,8,10,12,15,18-19H,2-3,5,7,9H2,1H3. The lowest BCUT2D eigenvalue weighted by Crippen LogP contribution is -2.26. The second kappa shape index (κ2) is 6.94. The van der Waals surface area contributed by atoms with E-state index in [4.69, 9.17) is 23.2 Å². The van der Waals surface area contributed by atoms with Gasteiger partial charge in [0.05, 0.1) is 16.1 Å². The van der Waals surface area contributed by atoms with Gasteiger partial charge in [0, 0.05) is 6.04 Å². The molecule has 0 saturated heterocycles. The van der Waals surface area contributed by atoms with Crippen molar-refractivity contribution in [2.75, 3.05) is 6.54 Å². The van der Waals surface area contributed by atoms with Crippen molar-refractivity contribution in [3.05, 3.63) is 33.8 Å². The van der Waals surface area contributed by atoms with Crippen LogP contribution in [0.4, 0.5) is 0 Å². The van der Waals surface area contributed by atoms with Gasteiger partial charge < -0.3 is 10.4 Å². The van der Waals surface area contributed by atoms with Crippen LogP contribution >= 0.6 is 23.2 Å². The number of halogens is 2. The van der Waals surface area contributed by atoms with Gasteiger partial charge in [0.15, 0.2) is 0 Å². The molecule has 2 rings (SSSR count). The van der Waals surface area contributed by atoms with Crippen LogP contribution in [0.5, 0.6) is 0 Å². The lowest BCUT2D eigenvalue weighted by Gasteiger charge is -2.20. The van der Waals surface area contributed by atoms with Crippen LogP contribution in [-0.2, 0) is 0 Å². The van der Waals surface area contributed by atoms with E-state index in [9.17, 15) is 5.11 Å². The van der Waals surface area contributed by atoms with Gasteiger partial charge >= 0.3 is 0 Å². The summed E-state index contributed by atoms with van der Waals surface area (Å²) in [5.41, 5.74) is 1.18. The van der Waals surface area contributed by atoms with E-state index in [-0.39, 0.29) is 6.10 Å². The smallest absolute Gasteiger partial charge is 0.0595 e. The number of hydrogen-bond acceptors (Lipinski definition) is 2. The maximum absolute atomic E-state index is 9.55. The third-order valence-electron chi connectivity index (χ3n) is 3.92. The van der Waals surface area contributed by atoms with Crippen molar-refractivity contribution in [2.24, 2.45) is 5.92 Å². The van der Waals surface area contributed by atoms with Gasteiger partial charge in [-0.1, -0.05) is 36.2 Å². The van der Waals surface area contributed by atoms with E-state index in [0.29, 0.717) is 22.0 Å². The molecule has 0 radical (unpaired) electrons. The minimum Gasteiger partial charge on any atom is -0.393 e. The highest BCUT2D eigenvalue weighted by molar-refractivity contribution is 6.42. The second-order valence-corrected chi connectivity index (χ2v) is 6.19. The lowest BCUT2D eigenvalue weighted by atomic mass is 10.0. The van der Waals surface area contributed by atoms with Gasteiger partial charge in [-0.3, -0.25) is 0 Å². The molecule has 0 heterocycles. The van der Waals surface area contributed by atoms with E-state index in [0.717, 1.165) is 32.2 Å². The lowest BCUT2D eigenvalue weighted by molar-refractivity contribution is 0.177. The summed E-state index contributed by atoms with van der Waals surface area (Å²) in [5, 5.41) is 14.3. The number of rotatable bonds is 5. The van der Waals surface area contributed by atoms with Crippen LogP contribution in [0.2, 0.25) is 10.0 Å². The largest absolute Gasteiger partial charge is 0.393 e. The first-order valence-electron chi connectivity index (χ1n) is 6.96. The number of benzene rings is 1. The highest BCUT2D eigenvalue weighted by Crippen LogP contribution is 2.28. The molecule has 3 unspecified atom stereocenters. The quantitative estimate of drug-likeness (QED) is 0.854. The van der Waals surface area contributed by atoms with Crippen molar-refractivity contribution in [2.45, 2.75) is 44.8 Å². The van der Waals surface area contributed by atoms with Gasteiger partial charge in [0.25, 0.3) is 0 Å². The molecule has 1 aliphatic carbocycles. The van der Waals surface area contributed by atoms with E-state index in [2.05, 4.69) is 12.2 Å². The summed E-state index contributed by atoms with van der Waals surface area (Å²) in [4.78, 5) is 0. The molecule has 1 aromatic rings. The molecule has 2 nitrogen and oxygen atoms in total. The number of aliphatic hydroxyl groups is 1. The SMILES string of the molecule is CCC(NCC1CCC(O)C1)c1ccc(Cl)c(Cl)c1. The van der Waals surface area contributed by atoms with E-state index < -0.39 is 0 Å². The maximum atomic E-state index is 9.55. The molecule has 1 fully saturated rings. The van der Waals surface area contributed by atoms with E-state index in [1.807, 2.05) is 18.2 Å². The topological polar surface area (TPSA) is 32.3 Å². The summed E-state index contributed by atoms with van der Waals surface area (Å²) in [6.45, 7) is 3.11. The Labute approximate surface area is 125 Å². The highest BCUT2D eigenvalue weighted by atomic mass is 35.5. The fourth-order valence-electron chi connectivity index (χ4n) is 2.77. The molecule has 1 aromatic carbocycles. The zero-order valence-corrected chi connectivity index (χ0v) is 12.7. The highest BCUT2D eigenvalue weighted by Gasteiger charge is 2.23. The third kappa shape index (κ3) is 4.09. The van der Waals surface area contributed by atoms with Gasteiger partial charge in [-0.15, -0.1) is 0 Å². The summed E-state index contributed by atoms with van der Waals surface area (Å²) in [7, 11) is 0.